The van der Waals surface area contributed by atoms with E-state index in [0.29, 0.717) is 5.69 Å². The van der Waals surface area contributed by atoms with Crippen LogP contribution in [0.2, 0.25) is 0 Å². The molecule has 0 bridgehead atoms. The zero-order valence-electron chi connectivity index (χ0n) is 11.7. The van der Waals surface area contributed by atoms with Gasteiger partial charge in [-0.3, -0.25) is 4.79 Å². The van der Waals surface area contributed by atoms with Crippen molar-refractivity contribution in [3.8, 4) is 0 Å². The van der Waals surface area contributed by atoms with E-state index in [1.54, 1.807) is 0 Å². The molecule has 4 aromatic carbocycles. The number of hydrogen-bond acceptors (Lipinski definition) is 3. The zero-order valence-corrected chi connectivity index (χ0v) is 11.7. The highest BCUT2D eigenvalue weighted by Crippen LogP contribution is 2.37. The monoisotopic (exact) mass is 288 g/mol. The number of hydrogen-bond donors (Lipinski definition) is 1. The van der Waals surface area contributed by atoms with Crippen molar-refractivity contribution in [3.05, 3.63) is 59.5 Å². The Bertz CT molecular complexity index is 1010. The van der Waals surface area contributed by atoms with Gasteiger partial charge in [-0.2, -0.15) is 4.91 Å². The number of nitroso groups, excluding NO2 is 1. The minimum absolute atomic E-state index is 0.373. The van der Waals surface area contributed by atoms with Crippen molar-refractivity contribution in [2.75, 3.05) is 11.9 Å². The molecule has 4 aromatic rings. The SMILES string of the molecule is O=NCC(=O)Nc1ccc2ccc3cccc4ccc1c2c34. The number of nitrogens with one attached hydrogen (secondary N) is 1. The van der Waals surface area contributed by atoms with Gasteiger partial charge in [0.15, 0.2) is 6.54 Å². The summed E-state index contributed by atoms with van der Waals surface area (Å²) in [6.07, 6.45) is 0. The first-order chi connectivity index (χ1) is 10.8. The highest BCUT2D eigenvalue weighted by Gasteiger charge is 2.12. The quantitative estimate of drug-likeness (QED) is 0.451. The Balaban J connectivity index is 2.04. The van der Waals surface area contributed by atoms with Crippen LogP contribution in [0.3, 0.4) is 0 Å². The van der Waals surface area contributed by atoms with Crippen LogP contribution in [0.1, 0.15) is 0 Å². The number of amides is 1. The summed E-state index contributed by atoms with van der Waals surface area (Å²) in [6.45, 7) is -0.373. The van der Waals surface area contributed by atoms with Gasteiger partial charge in [-0.25, -0.2) is 0 Å². The maximum Gasteiger partial charge on any atom is 0.249 e. The molecular formula is C18H12N2O2. The van der Waals surface area contributed by atoms with Gasteiger partial charge >= 0.3 is 0 Å². The second kappa shape index (κ2) is 4.77. The minimum atomic E-state index is -0.398. The molecule has 0 saturated heterocycles. The van der Waals surface area contributed by atoms with Gasteiger partial charge in [-0.1, -0.05) is 53.7 Å². The molecule has 0 unspecified atom stereocenters. The highest BCUT2D eigenvalue weighted by atomic mass is 16.3. The first kappa shape index (κ1) is 12.7. The lowest BCUT2D eigenvalue weighted by atomic mass is 9.93. The van der Waals surface area contributed by atoms with E-state index in [9.17, 15) is 9.70 Å². The number of anilines is 1. The van der Waals surface area contributed by atoms with Crippen LogP contribution >= 0.6 is 0 Å². The largest absolute Gasteiger partial charge is 0.324 e. The fraction of sp³-hybridized carbons (Fsp3) is 0.0556. The predicted octanol–water partition coefficient (Wildman–Crippen LogP) is 4.29. The third-order valence-corrected chi connectivity index (χ3v) is 4.01. The minimum Gasteiger partial charge on any atom is -0.324 e. The fourth-order valence-corrected chi connectivity index (χ4v) is 3.09. The standard InChI is InChI=1S/C18H12N2O2/c21-16(10-19-22)20-15-9-7-13-5-4-11-2-1-3-12-6-8-14(15)18(13)17(11)12/h1-9H,10H2,(H,20,21). The molecule has 0 atom stereocenters. The van der Waals surface area contributed by atoms with Crippen LogP contribution in [-0.4, -0.2) is 12.5 Å². The first-order valence-electron chi connectivity index (χ1n) is 7.03. The van der Waals surface area contributed by atoms with E-state index in [2.05, 4.69) is 40.8 Å². The summed E-state index contributed by atoms with van der Waals surface area (Å²) < 4.78 is 0. The van der Waals surface area contributed by atoms with E-state index in [0.717, 1.165) is 16.2 Å². The molecule has 0 radical (unpaired) electrons. The summed E-state index contributed by atoms with van der Waals surface area (Å²) in [5, 5.41) is 12.2. The number of nitrogens with zero attached hydrogens (tertiary/aromatic N) is 1. The summed E-state index contributed by atoms with van der Waals surface area (Å²) in [4.78, 5) is 21.9. The Hall–Kier alpha value is -3.01. The van der Waals surface area contributed by atoms with Crippen LogP contribution in [-0.2, 0) is 4.79 Å². The molecule has 0 fully saturated rings. The second-order valence-corrected chi connectivity index (χ2v) is 5.30. The second-order valence-electron chi connectivity index (χ2n) is 5.30. The number of carbonyl (C=O) groups excluding carboxylic acids is 1. The fourth-order valence-electron chi connectivity index (χ4n) is 3.09. The molecule has 0 spiro atoms. The molecule has 0 aliphatic rings. The average molecular weight is 288 g/mol. The summed E-state index contributed by atoms with van der Waals surface area (Å²) >= 11 is 0. The molecular weight excluding hydrogens is 276 g/mol. The van der Waals surface area contributed by atoms with Gasteiger partial charge in [-0.15, -0.1) is 0 Å². The van der Waals surface area contributed by atoms with Gasteiger partial charge in [0.1, 0.15) is 0 Å². The third-order valence-electron chi connectivity index (χ3n) is 4.01. The molecule has 22 heavy (non-hydrogen) atoms. The predicted molar refractivity (Wildman–Crippen MR) is 89.4 cm³/mol. The van der Waals surface area contributed by atoms with Gasteiger partial charge in [0.05, 0.1) is 0 Å². The number of carbonyl (C=O) groups is 1. The van der Waals surface area contributed by atoms with E-state index in [1.807, 2.05) is 24.3 Å². The third kappa shape index (κ3) is 1.81. The molecule has 0 saturated carbocycles. The summed E-state index contributed by atoms with van der Waals surface area (Å²) in [6, 6.07) is 18.3. The maximum atomic E-state index is 11.7. The number of benzene rings is 4. The van der Waals surface area contributed by atoms with Gasteiger partial charge in [0, 0.05) is 11.1 Å². The highest BCUT2D eigenvalue weighted by molar-refractivity contribution is 6.25. The van der Waals surface area contributed by atoms with Crippen molar-refractivity contribution in [3.63, 3.8) is 0 Å². The summed E-state index contributed by atoms with van der Waals surface area (Å²) in [5.41, 5.74) is 0.708. The van der Waals surface area contributed by atoms with Crippen molar-refractivity contribution < 1.29 is 4.79 Å². The average Bonchev–Trinajstić information content (AvgIpc) is 2.54. The van der Waals surface area contributed by atoms with Crippen LogP contribution < -0.4 is 5.32 Å². The van der Waals surface area contributed by atoms with E-state index >= 15 is 0 Å². The van der Waals surface area contributed by atoms with Crippen molar-refractivity contribution in [2.45, 2.75) is 0 Å². The Morgan fingerprint density at radius 2 is 1.50 bits per heavy atom. The first-order valence-corrected chi connectivity index (χ1v) is 7.03. The van der Waals surface area contributed by atoms with Crippen LogP contribution in [0.4, 0.5) is 5.69 Å². The topological polar surface area (TPSA) is 58.5 Å². The van der Waals surface area contributed by atoms with Crippen LogP contribution in [0.15, 0.2) is 59.8 Å². The Morgan fingerprint density at radius 3 is 2.23 bits per heavy atom. The molecule has 106 valence electrons. The molecule has 4 heteroatoms. The Labute approximate surface area is 126 Å². The van der Waals surface area contributed by atoms with E-state index in [1.165, 1.54) is 16.2 Å². The lowest BCUT2D eigenvalue weighted by Gasteiger charge is -2.14. The Kier molecular flexibility index (Phi) is 2.76. The molecule has 4 nitrogen and oxygen atoms in total. The zero-order chi connectivity index (χ0) is 15.1. The van der Waals surface area contributed by atoms with Crippen molar-refractivity contribution in [1.29, 1.82) is 0 Å². The lowest BCUT2D eigenvalue weighted by molar-refractivity contribution is -0.114. The lowest BCUT2D eigenvalue weighted by Crippen LogP contribution is -2.14. The summed E-state index contributed by atoms with van der Waals surface area (Å²) in [5.74, 6) is -0.398. The van der Waals surface area contributed by atoms with Crippen LogP contribution in [0.25, 0.3) is 32.3 Å². The van der Waals surface area contributed by atoms with Gasteiger partial charge < -0.3 is 5.32 Å². The molecule has 0 aliphatic carbocycles. The van der Waals surface area contributed by atoms with E-state index in [-0.39, 0.29) is 6.54 Å². The van der Waals surface area contributed by atoms with Crippen LogP contribution in [0, 0.1) is 4.91 Å². The van der Waals surface area contributed by atoms with E-state index < -0.39 is 5.91 Å². The van der Waals surface area contributed by atoms with Gasteiger partial charge in [0.2, 0.25) is 5.91 Å². The normalized spacial score (nSPS) is 11.3. The maximum absolute atomic E-state index is 11.7. The molecule has 4 rings (SSSR count). The van der Waals surface area contributed by atoms with E-state index in [4.69, 9.17) is 0 Å². The molecule has 1 N–H and O–H groups in total. The van der Waals surface area contributed by atoms with Crippen molar-refractivity contribution in [2.24, 2.45) is 5.18 Å². The summed E-state index contributed by atoms with van der Waals surface area (Å²) in [7, 11) is 0. The molecule has 1 amide bonds. The molecule has 0 aliphatic heterocycles. The van der Waals surface area contributed by atoms with Gasteiger partial charge in [-0.05, 0) is 33.0 Å². The van der Waals surface area contributed by atoms with Gasteiger partial charge in [0.25, 0.3) is 0 Å². The Morgan fingerprint density at radius 1 is 0.864 bits per heavy atom. The van der Waals surface area contributed by atoms with Crippen molar-refractivity contribution in [1.82, 2.24) is 0 Å². The van der Waals surface area contributed by atoms with Crippen LogP contribution in [0.5, 0.6) is 0 Å². The number of rotatable bonds is 3. The molecule has 0 aromatic heterocycles. The van der Waals surface area contributed by atoms with Crippen molar-refractivity contribution >= 4 is 43.9 Å². The smallest absolute Gasteiger partial charge is 0.249 e. The molecule has 0 heterocycles.